The predicted molar refractivity (Wildman–Crippen MR) is 90.1 cm³/mol. The number of amides is 1. The Labute approximate surface area is 142 Å². The van der Waals surface area contributed by atoms with Crippen molar-refractivity contribution in [1.29, 1.82) is 0 Å². The second-order valence-corrected chi connectivity index (χ2v) is 7.25. The third-order valence-electron chi connectivity index (χ3n) is 4.76. The number of methoxy groups -OCH3 is 2. The highest BCUT2D eigenvalue weighted by Gasteiger charge is 2.41. The molecule has 0 spiro atoms. The van der Waals surface area contributed by atoms with Gasteiger partial charge in [-0.1, -0.05) is 13.8 Å². The predicted octanol–water partition coefficient (Wildman–Crippen LogP) is 2.95. The molecule has 0 unspecified atom stereocenters. The molecule has 1 N–H and O–H groups in total. The number of carbonyl (C=O) groups excluding carboxylic acids is 2. The highest BCUT2D eigenvalue weighted by Crippen LogP contribution is 2.46. The summed E-state index contributed by atoms with van der Waals surface area (Å²) in [5.74, 6) is 1.11. The van der Waals surface area contributed by atoms with E-state index in [1.54, 1.807) is 14.2 Å². The van der Waals surface area contributed by atoms with Crippen molar-refractivity contribution in [3.63, 3.8) is 0 Å². The van der Waals surface area contributed by atoms with Gasteiger partial charge in [-0.3, -0.25) is 9.59 Å². The van der Waals surface area contributed by atoms with Crippen LogP contribution in [0.1, 0.15) is 44.6 Å². The van der Waals surface area contributed by atoms with E-state index in [0.29, 0.717) is 24.3 Å². The van der Waals surface area contributed by atoms with E-state index in [9.17, 15) is 9.59 Å². The van der Waals surface area contributed by atoms with Crippen LogP contribution in [0.2, 0.25) is 0 Å². The van der Waals surface area contributed by atoms with E-state index in [0.717, 1.165) is 16.8 Å². The normalized spacial score (nSPS) is 22.8. The quantitative estimate of drug-likeness (QED) is 0.926. The second-order valence-electron chi connectivity index (χ2n) is 7.25. The topological polar surface area (TPSA) is 64.6 Å². The van der Waals surface area contributed by atoms with Gasteiger partial charge in [-0.2, -0.15) is 0 Å². The summed E-state index contributed by atoms with van der Waals surface area (Å²) in [6.45, 7) is 4.10. The Kier molecular flexibility index (Phi) is 4.11. The van der Waals surface area contributed by atoms with Crippen LogP contribution in [0.3, 0.4) is 0 Å². The van der Waals surface area contributed by atoms with Gasteiger partial charge in [0.25, 0.3) is 0 Å². The molecule has 1 aliphatic heterocycles. The van der Waals surface area contributed by atoms with E-state index in [-0.39, 0.29) is 29.4 Å². The number of nitrogens with one attached hydrogen (secondary N) is 1. The zero-order valence-corrected chi connectivity index (χ0v) is 14.6. The highest BCUT2D eigenvalue weighted by atomic mass is 16.5. The molecule has 24 heavy (non-hydrogen) atoms. The molecule has 0 radical (unpaired) electrons. The zero-order valence-electron chi connectivity index (χ0n) is 14.6. The van der Waals surface area contributed by atoms with E-state index in [1.165, 1.54) is 0 Å². The third kappa shape index (κ3) is 2.90. The average Bonchev–Trinajstić information content (AvgIpc) is 2.51. The van der Waals surface area contributed by atoms with E-state index >= 15 is 0 Å². The summed E-state index contributed by atoms with van der Waals surface area (Å²) in [7, 11) is 3.19. The lowest BCUT2D eigenvalue weighted by Crippen LogP contribution is -2.40. The lowest BCUT2D eigenvalue weighted by Gasteiger charge is -2.38. The van der Waals surface area contributed by atoms with Gasteiger partial charge in [0.2, 0.25) is 5.91 Å². The van der Waals surface area contributed by atoms with Crippen LogP contribution in [0.25, 0.3) is 0 Å². The van der Waals surface area contributed by atoms with Crippen molar-refractivity contribution in [2.24, 2.45) is 5.41 Å². The molecular weight excluding hydrogens is 306 g/mol. The number of allylic oxidation sites excluding steroid dienone is 2. The minimum atomic E-state index is -0.289. The van der Waals surface area contributed by atoms with Crippen LogP contribution in [0, 0.1) is 5.41 Å². The summed E-state index contributed by atoms with van der Waals surface area (Å²) in [6, 6.07) is 5.49. The van der Waals surface area contributed by atoms with Gasteiger partial charge in [-0.25, -0.2) is 0 Å². The number of hydrogen-bond acceptors (Lipinski definition) is 4. The monoisotopic (exact) mass is 329 g/mol. The number of carbonyl (C=O) groups is 2. The first kappa shape index (κ1) is 16.6. The molecule has 3 rings (SSSR count). The van der Waals surface area contributed by atoms with Gasteiger partial charge in [0.15, 0.2) is 5.78 Å². The SMILES string of the molecule is COc1ccc(OC)c([C@@H]2CC(=O)NC3=C2C(=O)CC(C)(C)C3)c1. The summed E-state index contributed by atoms with van der Waals surface area (Å²) in [5, 5.41) is 2.92. The molecule has 5 heteroatoms. The summed E-state index contributed by atoms with van der Waals surface area (Å²) >= 11 is 0. The minimum Gasteiger partial charge on any atom is -0.497 e. The fourth-order valence-corrected chi connectivity index (χ4v) is 3.73. The van der Waals surface area contributed by atoms with Gasteiger partial charge in [0.1, 0.15) is 11.5 Å². The van der Waals surface area contributed by atoms with Gasteiger partial charge in [0.05, 0.1) is 14.2 Å². The summed E-state index contributed by atoms with van der Waals surface area (Å²) in [4.78, 5) is 25.1. The van der Waals surface area contributed by atoms with Gasteiger partial charge in [-0.15, -0.1) is 0 Å². The largest absolute Gasteiger partial charge is 0.497 e. The Bertz CT molecular complexity index is 733. The van der Waals surface area contributed by atoms with Crippen molar-refractivity contribution >= 4 is 11.7 Å². The number of Topliss-reactive ketones (excluding diaryl/α,β-unsaturated/α-hetero) is 1. The lowest BCUT2D eigenvalue weighted by molar-refractivity contribution is -0.122. The molecule has 1 amide bonds. The zero-order chi connectivity index (χ0) is 17.5. The lowest BCUT2D eigenvalue weighted by atomic mass is 9.70. The number of benzene rings is 1. The summed E-state index contributed by atoms with van der Waals surface area (Å²) in [5.41, 5.74) is 2.18. The van der Waals surface area contributed by atoms with Crippen molar-refractivity contribution in [2.75, 3.05) is 14.2 Å². The Balaban J connectivity index is 2.13. The molecule has 0 bridgehead atoms. The molecule has 0 fully saturated rings. The Morgan fingerprint density at radius 3 is 2.54 bits per heavy atom. The maximum atomic E-state index is 12.8. The van der Waals surface area contributed by atoms with E-state index < -0.39 is 0 Å². The average molecular weight is 329 g/mol. The molecule has 0 saturated carbocycles. The fraction of sp³-hybridized carbons (Fsp3) is 0.474. The maximum Gasteiger partial charge on any atom is 0.225 e. The van der Waals surface area contributed by atoms with Crippen LogP contribution in [0.5, 0.6) is 11.5 Å². The first-order chi connectivity index (χ1) is 11.3. The number of ether oxygens (including phenoxy) is 2. The van der Waals surface area contributed by atoms with Crippen molar-refractivity contribution in [1.82, 2.24) is 5.32 Å². The van der Waals surface area contributed by atoms with Gasteiger partial charge < -0.3 is 14.8 Å². The molecule has 2 aliphatic rings. The number of hydrogen-bond donors (Lipinski definition) is 1. The molecule has 5 nitrogen and oxygen atoms in total. The molecule has 1 heterocycles. The maximum absolute atomic E-state index is 12.8. The highest BCUT2D eigenvalue weighted by molar-refractivity contribution is 6.02. The fourth-order valence-electron chi connectivity index (χ4n) is 3.73. The van der Waals surface area contributed by atoms with Crippen LogP contribution in [0.15, 0.2) is 29.5 Å². The van der Waals surface area contributed by atoms with Crippen molar-refractivity contribution in [3.05, 3.63) is 35.0 Å². The molecule has 0 saturated heterocycles. The second kappa shape index (κ2) is 5.96. The Hall–Kier alpha value is -2.30. The van der Waals surface area contributed by atoms with Crippen molar-refractivity contribution in [3.8, 4) is 11.5 Å². The van der Waals surface area contributed by atoms with E-state index in [1.807, 2.05) is 18.2 Å². The smallest absolute Gasteiger partial charge is 0.225 e. The van der Waals surface area contributed by atoms with Crippen LogP contribution < -0.4 is 14.8 Å². The Morgan fingerprint density at radius 1 is 1.12 bits per heavy atom. The molecule has 1 aliphatic carbocycles. The first-order valence-electron chi connectivity index (χ1n) is 8.12. The third-order valence-corrected chi connectivity index (χ3v) is 4.76. The Morgan fingerprint density at radius 2 is 1.88 bits per heavy atom. The number of rotatable bonds is 3. The summed E-state index contributed by atoms with van der Waals surface area (Å²) in [6.07, 6.45) is 1.43. The standard InChI is InChI=1S/C19H23NO4/c1-19(2)9-14-18(15(21)10-19)13(8-17(22)20-14)12-7-11(23-3)5-6-16(12)24-4/h5-7,13H,8-10H2,1-4H3,(H,20,22)/t13-/m0/s1. The van der Waals surface area contributed by atoms with Gasteiger partial charge >= 0.3 is 0 Å². The number of ketones is 1. The molecule has 128 valence electrons. The van der Waals surface area contributed by atoms with Crippen LogP contribution in [0.4, 0.5) is 0 Å². The molecule has 1 aromatic rings. The van der Waals surface area contributed by atoms with E-state index in [2.05, 4.69) is 19.2 Å². The van der Waals surface area contributed by atoms with Crippen molar-refractivity contribution < 1.29 is 19.1 Å². The molecule has 1 aromatic carbocycles. The minimum absolute atomic E-state index is 0.0610. The first-order valence-corrected chi connectivity index (χ1v) is 8.12. The summed E-state index contributed by atoms with van der Waals surface area (Å²) < 4.78 is 10.8. The molecular formula is C19H23NO4. The van der Waals surface area contributed by atoms with Gasteiger partial charge in [-0.05, 0) is 30.0 Å². The van der Waals surface area contributed by atoms with E-state index in [4.69, 9.17) is 9.47 Å². The molecule has 1 atom stereocenters. The van der Waals surface area contributed by atoms with Crippen molar-refractivity contribution in [2.45, 2.75) is 39.0 Å². The van der Waals surface area contributed by atoms with Gasteiger partial charge in [0, 0.05) is 35.6 Å². The molecule has 0 aromatic heterocycles. The van der Waals surface area contributed by atoms with Crippen LogP contribution in [-0.4, -0.2) is 25.9 Å². The van der Waals surface area contributed by atoms with Crippen LogP contribution >= 0.6 is 0 Å². The van der Waals surface area contributed by atoms with Crippen LogP contribution in [-0.2, 0) is 9.59 Å².